The van der Waals surface area contributed by atoms with Crippen LogP contribution in [0.5, 0.6) is 11.5 Å². The van der Waals surface area contributed by atoms with Gasteiger partial charge >= 0.3 is 0 Å². The SMILES string of the molecule is COc1ccccc1C(=O)COc1ccccc1F. The Morgan fingerprint density at radius 3 is 2.37 bits per heavy atom. The van der Waals surface area contributed by atoms with E-state index in [-0.39, 0.29) is 18.1 Å². The molecule has 0 aromatic heterocycles. The number of hydrogen-bond donors (Lipinski definition) is 0. The van der Waals surface area contributed by atoms with Crippen LogP contribution < -0.4 is 9.47 Å². The fourth-order valence-corrected chi connectivity index (χ4v) is 1.66. The highest BCUT2D eigenvalue weighted by Crippen LogP contribution is 2.19. The van der Waals surface area contributed by atoms with Gasteiger partial charge in [-0.1, -0.05) is 24.3 Å². The smallest absolute Gasteiger partial charge is 0.203 e. The molecular weight excluding hydrogens is 247 g/mol. The number of ketones is 1. The van der Waals surface area contributed by atoms with E-state index < -0.39 is 5.82 Å². The molecule has 0 aliphatic heterocycles. The molecule has 4 heteroatoms. The van der Waals surface area contributed by atoms with Crippen molar-refractivity contribution in [3.63, 3.8) is 0 Å². The van der Waals surface area contributed by atoms with Crippen LogP contribution in [0.2, 0.25) is 0 Å². The highest BCUT2D eigenvalue weighted by molar-refractivity contribution is 5.99. The van der Waals surface area contributed by atoms with Crippen molar-refractivity contribution in [3.8, 4) is 11.5 Å². The zero-order valence-electron chi connectivity index (χ0n) is 10.4. The standard InChI is InChI=1S/C15H13FO3/c1-18-14-8-4-2-6-11(14)13(17)10-19-15-9-5-3-7-12(15)16/h2-9H,10H2,1H3. The summed E-state index contributed by atoms with van der Waals surface area (Å²) in [4.78, 5) is 12.0. The van der Waals surface area contributed by atoms with Crippen LogP contribution in [0.25, 0.3) is 0 Å². The number of ether oxygens (including phenoxy) is 2. The average Bonchev–Trinajstić information content (AvgIpc) is 2.46. The van der Waals surface area contributed by atoms with Crippen molar-refractivity contribution in [3.05, 3.63) is 59.9 Å². The van der Waals surface area contributed by atoms with Gasteiger partial charge in [0.2, 0.25) is 5.78 Å². The zero-order chi connectivity index (χ0) is 13.7. The van der Waals surface area contributed by atoms with Crippen LogP contribution in [0.15, 0.2) is 48.5 Å². The summed E-state index contributed by atoms with van der Waals surface area (Å²) < 4.78 is 23.6. The van der Waals surface area contributed by atoms with Crippen LogP contribution in [0.3, 0.4) is 0 Å². The molecule has 0 radical (unpaired) electrons. The molecule has 0 bridgehead atoms. The maximum absolute atomic E-state index is 13.3. The zero-order valence-corrected chi connectivity index (χ0v) is 10.4. The largest absolute Gasteiger partial charge is 0.496 e. The summed E-state index contributed by atoms with van der Waals surface area (Å²) in [5.74, 6) is -0.216. The van der Waals surface area contributed by atoms with E-state index >= 15 is 0 Å². The normalized spacial score (nSPS) is 10.0. The first-order chi connectivity index (χ1) is 9.22. The molecular formula is C15H13FO3. The summed E-state index contributed by atoms with van der Waals surface area (Å²) in [7, 11) is 1.49. The molecule has 0 aliphatic carbocycles. The van der Waals surface area contributed by atoms with E-state index in [0.29, 0.717) is 11.3 Å². The van der Waals surface area contributed by atoms with Crippen LogP contribution in [0.4, 0.5) is 4.39 Å². The van der Waals surface area contributed by atoms with Gasteiger partial charge in [0.25, 0.3) is 0 Å². The first-order valence-electron chi connectivity index (χ1n) is 5.76. The highest BCUT2D eigenvalue weighted by Gasteiger charge is 2.13. The van der Waals surface area contributed by atoms with E-state index in [0.717, 1.165) is 0 Å². The Morgan fingerprint density at radius 1 is 1.05 bits per heavy atom. The number of rotatable bonds is 5. The first-order valence-corrected chi connectivity index (χ1v) is 5.76. The van der Waals surface area contributed by atoms with E-state index in [1.54, 1.807) is 36.4 Å². The predicted octanol–water partition coefficient (Wildman–Crippen LogP) is 3.10. The van der Waals surface area contributed by atoms with Crippen molar-refractivity contribution in [2.75, 3.05) is 13.7 Å². The van der Waals surface area contributed by atoms with Crippen LogP contribution in [-0.4, -0.2) is 19.5 Å². The molecule has 0 N–H and O–H groups in total. The molecule has 0 amide bonds. The molecule has 2 aromatic rings. The third kappa shape index (κ3) is 3.10. The van der Waals surface area contributed by atoms with Crippen LogP contribution in [-0.2, 0) is 0 Å². The van der Waals surface area contributed by atoms with Crippen LogP contribution >= 0.6 is 0 Å². The van der Waals surface area contributed by atoms with E-state index in [1.165, 1.54) is 19.2 Å². The van der Waals surface area contributed by atoms with E-state index in [1.807, 2.05) is 0 Å². The maximum Gasteiger partial charge on any atom is 0.203 e. The molecule has 3 nitrogen and oxygen atoms in total. The molecule has 19 heavy (non-hydrogen) atoms. The molecule has 2 aromatic carbocycles. The maximum atomic E-state index is 13.3. The highest BCUT2D eigenvalue weighted by atomic mass is 19.1. The van der Waals surface area contributed by atoms with Gasteiger partial charge in [-0.3, -0.25) is 4.79 Å². The third-order valence-electron chi connectivity index (χ3n) is 2.60. The Bertz CT molecular complexity index is 581. The van der Waals surface area contributed by atoms with Crippen molar-refractivity contribution in [1.82, 2.24) is 0 Å². The van der Waals surface area contributed by atoms with E-state index in [9.17, 15) is 9.18 Å². The molecule has 0 atom stereocenters. The van der Waals surface area contributed by atoms with Crippen molar-refractivity contribution in [2.24, 2.45) is 0 Å². The number of para-hydroxylation sites is 2. The first kappa shape index (κ1) is 13.1. The second kappa shape index (κ2) is 6.00. The summed E-state index contributed by atoms with van der Waals surface area (Å²) in [6.45, 7) is -0.235. The van der Waals surface area contributed by atoms with Crippen molar-refractivity contribution in [2.45, 2.75) is 0 Å². The summed E-state index contributed by atoms with van der Waals surface area (Å²) >= 11 is 0. The Morgan fingerprint density at radius 2 is 1.68 bits per heavy atom. The van der Waals surface area contributed by atoms with Gasteiger partial charge in [0.15, 0.2) is 18.2 Å². The number of Topliss-reactive ketones (excluding diaryl/α,β-unsaturated/α-hetero) is 1. The minimum Gasteiger partial charge on any atom is -0.496 e. The number of hydrogen-bond acceptors (Lipinski definition) is 3. The lowest BCUT2D eigenvalue weighted by Crippen LogP contribution is -2.13. The van der Waals surface area contributed by atoms with Gasteiger partial charge in [-0.25, -0.2) is 4.39 Å². The molecule has 0 unspecified atom stereocenters. The minimum absolute atomic E-state index is 0.0609. The van der Waals surface area contributed by atoms with Gasteiger partial charge in [0.05, 0.1) is 12.7 Å². The third-order valence-corrected chi connectivity index (χ3v) is 2.60. The summed E-state index contributed by atoms with van der Waals surface area (Å²) in [6, 6.07) is 12.8. The van der Waals surface area contributed by atoms with Crippen molar-refractivity contribution in [1.29, 1.82) is 0 Å². The van der Waals surface area contributed by atoms with Gasteiger partial charge < -0.3 is 9.47 Å². The quantitative estimate of drug-likeness (QED) is 0.775. The fourth-order valence-electron chi connectivity index (χ4n) is 1.66. The molecule has 2 rings (SSSR count). The number of carbonyl (C=O) groups excluding carboxylic acids is 1. The number of halogens is 1. The molecule has 98 valence electrons. The summed E-state index contributed by atoms with van der Waals surface area (Å²) in [6.07, 6.45) is 0. The Balaban J connectivity index is 2.08. The van der Waals surface area contributed by atoms with Gasteiger partial charge in [0, 0.05) is 0 Å². The molecule has 0 aliphatic rings. The van der Waals surface area contributed by atoms with Crippen molar-refractivity contribution < 1.29 is 18.7 Å². The number of methoxy groups -OCH3 is 1. The van der Waals surface area contributed by atoms with Crippen LogP contribution in [0.1, 0.15) is 10.4 Å². The lowest BCUT2D eigenvalue weighted by atomic mass is 10.1. The lowest BCUT2D eigenvalue weighted by Gasteiger charge is -2.09. The second-order valence-corrected chi connectivity index (χ2v) is 3.84. The van der Waals surface area contributed by atoms with Gasteiger partial charge in [-0.2, -0.15) is 0 Å². The molecule has 0 heterocycles. The van der Waals surface area contributed by atoms with Crippen molar-refractivity contribution >= 4 is 5.78 Å². The number of carbonyl (C=O) groups is 1. The Hall–Kier alpha value is -2.36. The molecule has 0 spiro atoms. The molecule has 0 fully saturated rings. The summed E-state index contributed by atoms with van der Waals surface area (Å²) in [5.41, 5.74) is 0.418. The summed E-state index contributed by atoms with van der Waals surface area (Å²) in [5, 5.41) is 0. The van der Waals surface area contributed by atoms with E-state index in [4.69, 9.17) is 9.47 Å². The van der Waals surface area contributed by atoms with Gasteiger partial charge in [-0.05, 0) is 24.3 Å². The topological polar surface area (TPSA) is 35.5 Å². The predicted molar refractivity (Wildman–Crippen MR) is 69.2 cm³/mol. The molecule has 0 saturated carbocycles. The van der Waals surface area contributed by atoms with Crippen LogP contribution in [0, 0.1) is 5.82 Å². The van der Waals surface area contributed by atoms with Gasteiger partial charge in [-0.15, -0.1) is 0 Å². The Labute approximate surface area is 110 Å². The second-order valence-electron chi connectivity index (χ2n) is 3.84. The average molecular weight is 260 g/mol. The van der Waals surface area contributed by atoms with E-state index in [2.05, 4.69) is 0 Å². The minimum atomic E-state index is -0.490. The molecule has 0 saturated heterocycles. The monoisotopic (exact) mass is 260 g/mol. The number of benzene rings is 2. The Kier molecular flexibility index (Phi) is 4.13. The fraction of sp³-hybridized carbons (Fsp3) is 0.133. The van der Waals surface area contributed by atoms with Gasteiger partial charge in [0.1, 0.15) is 5.75 Å². The lowest BCUT2D eigenvalue weighted by molar-refractivity contribution is 0.0915.